The molecule has 130 valence electrons. The number of fused-ring (bicyclic) bond motifs is 1. The second kappa shape index (κ2) is 7.19. The maximum atomic E-state index is 12.3. The molecule has 1 aliphatic rings. The van der Waals surface area contributed by atoms with Crippen LogP contribution in [-0.2, 0) is 11.3 Å². The number of nitrogens with zero attached hydrogens (tertiary/aromatic N) is 2. The number of aromatic nitrogens is 1. The van der Waals surface area contributed by atoms with Gasteiger partial charge in [0.2, 0.25) is 5.91 Å². The third kappa shape index (κ3) is 3.68. The third-order valence-corrected chi connectivity index (χ3v) is 4.33. The van der Waals surface area contributed by atoms with Crippen molar-refractivity contribution in [1.29, 1.82) is 0 Å². The summed E-state index contributed by atoms with van der Waals surface area (Å²) < 4.78 is 6.87. The summed E-state index contributed by atoms with van der Waals surface area (Å²) >= 11 is 0. The van der Waals surface area contributed by atoms with Crippen LogP contribution in [0.1, 0.15) is 19.3 Å². The van der Waals surface area contributed by atoms with Crippen LogP contribution in [0.25, 0.3) is 11.1 Å². The molecule has 1 aliphatic heterocycles. The summed E-state index contributed by atoms with van der Waals surface area (Å²) in [4.78, 5) is 26.4. The predicted molar refractivity (Wildman–Crippen MR) is 93.3 cm³/mol. The van der Waals surface area contributed by atoms with Gasteiger partial charge in [-0.1, -0.05) is 6.42 Å². The molecular weight excluding hydrogens is 308 g/mol. The minimum atomic E-state index is -0.371. The zero-order valence-corrected chi connectivity index (χ0v) is 14.2. The van der Waals surface area contributed by atoms with E-state index in [0.29, 0.717) is 23.3 Å². The monoisotopic (exact) mass is 332 g/mol. The fourth-order valence-corrected chi connectivity index (χ4v) is 2.96. The minimum absolute atomic E-state index is 0.0280. The Kier molecular flexibility index (Phi) is 5.01. The lowest BCUT2D eigenvalue weighted by atomic mass is 10.0. The van der Waals surface area contributed by atoms with Gasteiger partial charge in [-0.25, -0.2) is 4.79 Å². The van der Waals surface area contributed by atoms with E-state index in [-0.39, 0.29) is 17.7 Å². The molecule has 1 saturated heterocycles. The topological polar surface area (TPSA) is 79.5 Å². The fraction of sp³-hybridized carbons (Fsp3) is 0.529. The van der Waals surface area contributed by atoms with E-state index in [0.717, 1.165) is 32.4 Å². The predicted octanol–water partition coefficient (Wildman–Crippen LogP) is 1.24. The number of carbonyl (C=O) groups excluding carboxylic acids is 1. The van der Waals surface area contributed by atoms with E-state index in [1.54, 1.807) is 22.8 Å². The number of anilines is 1. The van der Waals surface area contributed by atoms with Crippen LogP contribution in [0.4, 0.5) is 5.69 Å². The number of rotatable bonds is 5. The zero-order chi connectivity index (χ0) is 17.1. The van der Waals surface area contributed by atoms with Crippen LogP contribution in [0, 0.1) is 0 Å². The summed E-state index contributed by atoms with van der Waals surface area (Å²) in [5.74, 6) is -0.399. The first-order valence-corrected chi connectivity index (χ1v) is 8.37. The summed E-state index contributed by atoms with van der Waals surface area (Å²) in [6.45, 7) is 2.15. The second-order valence-electron chi connectivity index (χ2n) is 6.50. The summed E-state index contributed by atoms with van der Waals surface area (Å²) in [6, 6.07) is 5.15. The molecule has 1 aromatic heterocycles. The van der Waals surface area contributed by atoms with Gasteiger partial charge >= 0.3 is 5.76 Å². The highest BCUT2D eigenvalue weighted by Gasteiger charge is 2.20. The zero-order valence-electron chi connectivity index (χ0n) is 14.2. The Morgan fingerprint density at radius 1 is 1.42 bits per heavy atom. The molecule has 7 heteroatoms. The molecule has 0 aliphatic carbocycles. The van der Waals surface area contributed by atoms with Crippen molar-refractivity contribution in [2.24, 2.45) is 0 Å². The number of oxazole rings is 1. The molecule has 1 aromatic carbocycles. The summed E-state index contributed by atoms with van der Waals surface area (Å²) in [7, 11) is 3.91. The van der Waals surface area contributed by atoms with E-state index in [1.807, 2.05) is 19.0 Å². The second-order valence-corrected chi connectivity index (χ2v) is 6.50. The number of piperidine rings is 1. The van der Waals surface area contributed by atoms with Gasteiger partial charge in [-0.2, -0.15) is 0 Å². The van der Waals surface area contributed by atoms with Crippen LogP contribution in [0.2, 0.25) is 0 Å². The summed E-state index contributed by atoms with van der Waals surface area (Å²) in [5, 5.41) is 6.17. The molecule has 0 unspecified atom stereocenters. The number of nitrogens with one attached hydrogen (secondary N) is 2. The van der Waals surface area contributed by atoms with Crippen molar-refractivity contribution in [1.82, 2.24) is 14.8 Å². The van der Waals surface area contributed by atoms with Crippen LogP contribution in [0.3, 0.4) is 0 Å². The van der Waals surface area contributed by atoms with Crippen LogP contribution in [0.5, 0.6) is 0 Å². The molecule has 1 fully saturated rings. The molecule has 1 amide bonds. The highest BCUT2D eigenvalue weighted by Crippen LogP contribution is 2.19. The lowest BCUT2D eigenvalue weighted by molar-refractivity contribution is -0.118. The number of amides is 1. The Labute approximate surface area is 140 Å². The first kappa shape index (κ1) is 16.7. The van der Waals surface area contributed by atoms with Crippen molar-refractivity contribution in [3.63, 3.8) is 0 Å². The lowest BCUT2D eigenvalue weighted by Crippen LogP contribution is -2.43. The van der Waals surface area contributed by atoms with Crippen LogP contribution >= 0.6 is 0 Å². The molecule has 0 spiro atoms. The van der Waals surface area contributed by atoms with Crippen LogP contribution in [-0.4, -0.2) is 48.6 Å². The van der Waals surface area contributed by atoms with Gasteiger partial charge in [0.05, 0.1) is 11.6 Å². The molecule has 2 heterocycles. The maximum Gasteiger partial charge on any atom is 0.419 e. The first-order chi connectivity index (χ1) is 11.5. The molecule has 0 radical (unpaired) electrons. The van der Waals surface area contributed by atoms with Crippen molar-refractivity contribution in [3.8, 4) is 0 Å². The largest absolute Gasteiger partial charge is 0.419 e. The summed E-state index contributed by atoms with van der Waals surface area (Å²) in [6.07, 6.45) is 3.03. The highest BCUT2D eigenvalue weighted by atomic mass is 16.4. The molecule has 7 nitrogen and oxygen atoms in total. The molecule has 0 saturated carbocycles. The van der Waals surface area contributed by atoms with Gasteiger partial charge in [-0.05, 0) is 51.7 Å². The number of benzene rings is 1. The van der Waals surface area contributed by atoms with E-state index in [9.17, 15) is 9.59 Å². The van der Waals surface area contributed by atoms with Gasteiger partial charge in [0, 0.05) is 18.8 Å². The number of likely N-dealkylation sites (N-methyl/N-ethyl adjacent to an activating group) is 1. The molecule has 2 aromatic rings. The normalized spacial score (nSPS) is 18.2. The molecule has 2 N–H and O–H groups in total. The van der Waals surface area contributed by atoms with Gasteiger partial charge in [0.15, 0.2) is 5.58 Å². The fourth-order valence-electron chi connectivity index (χ4n) is 2.96. The van der Waals surface area contributed by atoms with E-state index in [1.165, 1.54) is 0 Å². The van der Waals surface area contributed by atoms with Crippen LogP contribution < -0.4 is 16.4 Å². The minimum Gasteiger partial charge on any atom is -0.408 e. The number of carbonyl (C=O) groups is 1. The van der Waals surface area contributed by atoms with E-state index < -0.39 is 0 Å². The molecule has 24 heavy (non-hydrogen) atoms. The smallest absolute Gasteiger partial charge is 0.408 e. The van der Waals surface area contributed by atoms with Gasteiger partial charge in [-0.3, -0.25) is 9.36 Å². The average molecular weight is 332 g/mol. The number of hydrogen-bond acceptors (Lipinski definition) is 5. The standard InChI is InChI=1S/C17H24N4O3/c1-20(2)9-10-21-14-11-12(6-7-15(14)24-17(21)23)19-16(22)13-5-3-4-8-18-13/h6-7,11,13,18H,3-5,8-10H2,1-2H3,(H,19,22)/t13-/m1/s1. The lowest BCUT2D eigenvalue weighted by Gasteiger charge is -2.22. The SMILES string of the molecule is CN(C)CCn1c(=O)oc2ccc(NC(=O)[C@H]3CCCCN3)cc21. The number of hydrogen-bond donors (Lipinski definition) is 2. The molecule has 0 bridgehead atoms. The van der Waals surface area contributed by atoms with Crippen LogP contribution in [0.15, 0.2) is 27.4 Å². The Morgan fingerprint density at radius 2 is 2.25 bits per heavy atom. The van der Waals surface area contributed by atoms with Crippen molar-refractivity contribution < 1.29 is 9.21 Å². The molecule has 3 rings (SSSR count). The third-order valence-electron chi connectivity index (χ3n) is 4.33. The van der Waals surface area contributed by atoms with Gasteiger partial charge < -0.3 is 20.0 Å². The first-order valence-electron chi connectivity index (χ1n) is 8.37. The van der Waals surface area contributed by atoms with Crippen molar-refractivity contribution in [3.05, 3.63) is 28.7 Å². The Morgan fingerprint density at radius 3 is 2.96 bits per heavy atom. The summed E-state index contributed by atoms with van der Waals surface area (Å²) in [5.41, 5.74) is 1.92. The average Bonchev–Trinajstić information content (AvgIpc) is 2.88. The Hall–Kier alpha value is -2.12. The highest BCUT2D eigenvalue weighted by molar-refractivity contribution is 5.96. The van der Waals surface area contributed by atoms with E-state index >= 15 is 0 Å². The molecular formula is C17H24N4O3. The molecule has 1 atom stereocenters. The van der Waals surface area contributed by atoms with Gasteiger partial charge in [0.1, 0.15) is 0 Å². The van der Waals surface area contributed by atoms with Crippen molar-refractivity contribution >= 4 is 22.7 Å². The van der Waals surface area contributed by atoms with Crippen molar-refractivity contribution in [2.75, 3.05) is 32.5 Å². The van der Waals surface area contributed by atoms with Crippen molar-refractivity contribution in [2.45, 2.75) is 31.8 Å². The Balaban J connectivity index is 1.80. The Bertz CT molecular complexity index is 772. The van der Waals surface area contributed by atoms with E-state index in [4.69, 9.17) is 4.42 Å². The quantitative estimate of drug-likeness (QED) is 0.861. The van der Waals surface area contributed by atoms with Gasteiger partial charge in [-0.15, -0.1) is 0 Å². The van der Waals surface area contributed by atoms with E-state index in [2.05, 4.69) is 10.6 Å². The van der Waals surface area contributed by atoms with Gasteiger partial charge in [0.25, 0.3) is 0 Å². The maximum absolute atomic E-state index is 12.3.